The molecule has 0 bridgehead atoms. The van der Waals surface area contributed by atoms with Crippen LogP contribution in [0.2, 0.25) is 0 Å². The SMILES string of the molecule is C1CCNCC1.CCc1ccc(C)cc1. The fourth-order valence-corrected chi connectivity index (χ4v) is 1.63. The maximum Gasteiger partial charge on any atom is -0.00489 e. The Balaban J connectivity index is 0.000000162. The zero-order chi connectivity index (χ0) is 10.9. The first-order valence-corrected chi connectivity index (χ1v) is 6.09. The molecule has 15 heavy (non-hydrogen) atoms. The lowest BCUT2D eigenvalue weighted by molar-refractivity contribution is 0.520. The van der Waals surface area contributed by atoms with E-state index in [0.29, 0.717) is 0 Å². The highest BCUT2D eigenvalue weighted by Gasteiger charge is 1.93. The summed E-state index contributed by atoms with van der Waals surface area (Å²) in [6, 6.07) is 8.66. The van der Waals surface area contributed by atoms with Crippen molar-refractivity contribution in [3.05, 3.63) is 35.4 Å². The molecule has 1 heterocycles. The van der Waals surface area contributed by atoms with Crippen LogP contribution in [0, 0.1) is 6.92 Å². The number of benzene rings is 1. The Morgan fingerprint density at radius 2 is 1.60 bits per heavy atom. The van der Waals surface area contributed by atoms with Gasteiger partial charge >= 0.3 is 0 Å². The quantitative estimate of drug-likeness (QED) is 0.741. The van der Waals surface area contributed by atoms with Crippen molar-refractivity contribution in [2.75, 3.05) is 13.1 Å². The molecule has 1 aromatic carbocycles. The largest absolute Gasteiger partial charge is 0.317 e. The van der Waals surface area contributed by atoms with Gasteiger partial charge in [0.15, 0.2) is 0 Å². The van der Waals surface area contributed by atoms with Crippen molar-refractivity contribution in [2.45, 2.75) is 39.5 Å². The monoisotopic (exact) mass is 205 g/mol. The molecule has 0 unspecified atom stereocenters. The van der Waals surface area contributed by atoms with Gasteiger partial charge in [0.2, 0.25) is 0 Å². The van der Waals surface area contributed by atoms with Gasteiger partial charge in [0.25, 0.3) is 0 Å². The van der Waals surface area contributed by atoms with Crippen LogP contribution in [0.15, 0.2) is 24.3 Å². The second-order valence-electron chi connectivity index (χ2n) is 4.15. The van der Waals surface area contributed by atoms with Crippen LogP contribution in [0.4, 0.5) is 0 Å². The van der Waals surface area contributed by atoms with Crippen LogP contribution in [0.1, 0.15) is 37.3 Å². The van der Waals surface area contributed by atoms with Crippen molar-refractivity contribution in [2.24, 2.45) is 0 Å². The van der Waals surface area contributed by atoms with E-state index in [1.54, 1.807) is 0 Å². The van der Waals surface area contributed by atoms with Gasteiger partial charge in [-0.2, -0.15) is 0 Å². The first-order valence-electron chi connectivity index (χ1n) is 6.09. The molecule has 0 radical (unpaired) electrons. The van der Waals surface area contributed by atoms with Crippen molar-refractivity contribution in [3.63, 3.8) is 0 Å². The lowest BCUT2D eigenvalue weighted by Crippen LogP contribution is -2.21. The Bertz CT molecular complexity index is 235. The first kappa shape index (κ1) is 12.3. The predicted molar refractivity (Wildman–Crippen MR) is 67.3 cm³/mol. The van der Waals surface area contributed by atoms with Crippen molar-refractivity contribution < 1.29 is 0 Å². The second kappa shape index (κ2) is 7.47. The summed E-state index contributed by atoms with van der Waals surface area (Å²) in [4.78, 5) is 0. The molecular formula is C14H23N. The molecule has 1 heteroatoms. The van der Waals surface area contributed by atoms with Crippen LogP contribution >= 0.6 is 0 Å². The fraction of sp³-hybridized carbons (Fsp3) is 0.571. The summed E-state index contributed by atoms with van der Waals surface area (Å²) in [7, 11) is 0. The van der Waals surface area contributed by atoms with Crippen molar-refractivity contribution in [1.82, 2.24) is 5.32 Å². The molecule has 1 aliphatic heterocycles. The minimum Gasteiger partial charge on any atom is -0.317 e. The van der Waals surface area contributed by atoms with Gasteiger partial charge in [0.05, 0.1) is 0 Å². The van der Waals surface area contributed by atoms with Gasteiger partial charge in [0, 0.05) is 0 Å². The third-order valence-corrected chi connectivity index (χ3v) is 2.74. The smallest absolute Gasteiger partial charge is 0.00489 e. The molecule has 0 atom stereocenters. The number of aryl methyl sites for hydroxylation is 2. The summed E-state index contributed by atoms with van der Waals surface area (Å²) in [5.41, 5.74) is 2.76. The molecule has 0 saturated carbocycles. The van der Waals surface area contributed by atoms with E-state index in [1.165, 1.54) is 43.5 Å². The van der Waals surface area contributed by atoms with Gasteiger partial charge in [-0.1, -0.05) is 43.2 Å². The molecule has 1 aliphatic rings. The van der Waals surface area contributed by atoms with E-state index >= 15 is 0 Å². The zero-order valence-electron chi connectivity index (χ0n) is 10.1. The molecular weight excluding hydrogens is 182 g/mol. The topological polar surface area (TPSA) is 12.0 Å². The van der Waals surface area contributed by atoms with Gasteiger partial charge in [-0.15, -0.1) is 0 Å². The molecule has 1 N–H and O–H groups in total. The van der Waals surface area contributed by atoms with Gasteiger partial charge in [-0.05, 0) is 44.8 Å². The van der Waals surface area contributed by atoms with Crippen LogP contribution in [-0.2, 0) is 6.42 Å². The number of rotatable bonds is 1. The van der Waals surface area contributed by atoms with Gasteiger partial charge in [-0.3, -0.25) is 0 Å². The highest BCUT2D eigenvalue weighted by molar-refractivity contribution is 5.20. The number of nitrogens with one attached hydrogen (secondary N) is 1. The fourth-order valence-electron chi connectivity index (χ4n) is 1.63. The Kier molecular flexibility index (Phi) is 6.10. The van der Waals surface area contributed by atoms with Crippen molar-refractivity contribution in [3.8, 4) is 0 Å². The Morgan fingerprint density at radius 1 is 1.00 bits per heavy atom. The molecule has 0 aromatic heterocycles. The summed E-state index contributed by atoms with van der Waals surface area (Å²) in [6.45, 7) is 6.78. The Hall–Kier alpha value is -0.820. The third kappa shape index (κ3) is 5.58. The van der Waals surface area contributed by atoms with Crippen LogP contribution in [0.25, 0.3) is 0 Å². The minimum absolute atomic E-state index is 1.14. The van der Waals surface area contributed by atoms with Crippen LogP contribution in [0.3, 0.4) is 0 Å². The van der Waals surface area contributed by atoms with Crippen molar-refractivity contribution >= 4 is 0 Å². The van der Waals surface area contributed by atoms with E-state index < -0.39 is 0 Å². The average molecular weight is 205 g/mol. The number of piperidine rings is 1. The van der Waals surface area contributed by atoms with E-state index in [9.17, 15) is 0 Å². The van der Waals surface area contributed by atoms with E-state index in [-0.39, 0.29) is 0 Å². The molecule has 1 aromatic rings. The van der Waals surface area contributed by atoms with E-state index in [4.69, 9.17) is 0 Å². The third-order valence-electron chi connectivity index (χ3n) is 2.74. The summed E-state index contributed by atoms with van der Waals surface area (Å²) in [5.74, 6) is 0. The van der Waals surface area contributed by atoms with E-state index in [2.05, 4.69) is 43.4 Å². The molecule has 0 spiro atoms. The first-order chi connectivity index (χ1) is 7.33. The Morgan fingerprint density at radius 3 is 1.93 bits per heavy atom. The van der Waals surface area contributed by atoms with E-state index in [1.807, 2.05) is 0 Å². The summed E-state index contributed by atoms with van der Waals surface area (Å²) >= 11 is 0. The molecule has 84 valence electrons. The molecule has 1 nitrogen and oxygen atoms in total. The van der Waals surface area contributed by atoms with Crippen LogP contribution in [0.5, 0.6) is 0 Å². The zero-order valence-corrected chi connectivity index (χ0v) is 10.1. The maximum absolute atomic E-state index is 3.28. The predicted octanol–water partition coefficient (Wildman–Crippen LogP) is 3.32. The number of hydrogen-bond donors (Lipinski definition) is 1. The second-order valence-corrected chi connectivity index (χ2v) is 4.15. The molecule has 1 fully saturated rings. The molecule has 0 aliphatic carbocycles. The molecule has 2 rings (SSSR count). The normalized spacial score (nSPS) is 15.3. The van der Waals surface area contributed by atoms with Crippen LogP contribution < -0.4 is 5.32 Å². The standard InChI is InChI=1S/C9H12.C5H11N/c1-3-9-6-4-8(2)5-7-9;1-2-4-6-5-3-1/h4-7H,3H2,1-2H3;6H,1-5H2. The summed E-state index contributed by atoms with van der Waals surface area (Å²) in [6.07, 6.45) is 5.35. The van der Waals surface area contributed by atoms with Crippen LogP contribution in [-0.4, -0.2) is 13.1 Å². The lowest BCUT2D eigenvalue weighted by Gasteiger charge is -2.08. The van der Waals surface area contributed by atoms with Gasteiger partial charge in [-0.25, -0.2) is 0 Å². The van der Waals surface area contributed by atoms with Crippen molar-refractivity contribution in [1.29, 1.82) is 0 Å². The highest BCUT2D eigenvalue weighted by Crippen LogP contribution is 2.02. The lowest BCUT2D eigenvalue weighted by atomic mass is 10.1. The van der Waals surface area contributed by atoms with Gasteiger partial charge < -0.3 is 5.32 Å². The van der Waals surface area contributed by atoms with E-state index in [0.717, 1.165) is 6.42 Å². The minimum atomic E-state index is 1.14. The summed E-state index contributed by atoms with van der Waals surface area (Å²) < 4.78 is 0. The average Bonchev–Trinajstić information content (AvgIpc) is 2.33. The Labute approximate surface area is 93.9 Å². The van der Waals surface area contributed by atoms with Gasteiger partial charge in [0.1, 0.15) is 0 Å². The highest BCUT2D eigenvalue weighted by atomic mass is 14.9. The summed E-state index contributed by atoms with van der Waals surface area (Å²) in [5, 5.41) is 3.28. The molecule has 1 saturated heterocycles. The molecule has 0 amide bonds. The number of hydrogen-bond acceptors (Lipinski definition) is 1. The maximum atomic E-state index is 3.28.